The van der Waals surface area contributed by atoms with E-state index in [1.54, 1.807) is 54.6 Å². The number of aryl methyl sites for hydroxylation is 1. The number of hydrogen-bond acceptors (Lipinski definition) is 5. The largest absolute Gasteiger partial charge is 0.465 e. The van der Waals surface area contributed by atoms with Crippen molar-refractivity contribution < 1.29 is 19.1 Å². The van der Waals surface area contributed by atoms with Gasteiger partial charge in [-0.25, -0.2) is 4.79 Å². The van der Waals surface area contributed by atoms with E-state index in [0.29, 0.717) is 22.5 Å². The van der Waals surface area contributed by atoms with Crippen LogP contribution in [-0.2, 0) is 9.53 Å². The molecule has 0 aliphatic heterocycles. The first kappa shape index (κ1) is 21.6. The molecule has 158 valence electrons. The molecular weight excluding hydrogens is 394 g/mol. The van der Waals surface area contributed by atoms with Crippen LogP contribution in [0, 0.1) is 6.92 Å². The van der Waals surface area contributed by atoms with Gasteiger partial charge in [0, 0.05) is 22.6 Å². The van der Waals surface area contributed by atoms with Crippen LogP contribution in [0.15, 0.2) is 72.8 Å². The lowest BCUT2D eigenvalue weighted by atomic mass is 10.1. The number of carbonyl (C=O) groups is 3. The van der Waals surface area contributed by atoms with Crippen molar-refractivity contribution in [2.24, 2.45) is 0 Å². The van der Waals surface area contributed by atoms with Gasteiger partial charge in [-0.15, -0.1) is 0 Å². The van der Waals surface area contributed by atoms with Crippen LogP contribution < -0.4 is 16.0 Å². The number of esters is 1. The average Bonchev–Trinajstić information content (AvgIpc) is 2.78. The molecule has 0 spiro atoms. The van der Waals surface area contributed by atoms with Crippen LogP contribution in [0.1, 0.15) is 26.3 Å². The lowest BCUT2D eigenvalue weighted by Crippen LogP contribution is -2.21. The van der Waals surface area contributed by atoms with Gasteiger partial charge in [0.15, 0.2) is 0 Å². The highest BCUT2D eigenvalue weighted by Crippen LogP contribution is 2.15. The van der Waals surface area contributed by atoms with Crippen LogP contribution in [0.3, 0.4) is 0 Å². The van der Waals surface area contributed by atoms with Crippen molar-refractivity contribution in [1.82, 2.24) is 0 Å². The number of nitrogens with one attached hydrogen (secondary N) is 3. The van der Waals surface area contributed by atoms with Crippen molar-refractivity contribution in [2.75, 3.05) is 29.6 Å². The fourth-order valence-corrected chi connectivity index (χ4v) is 2.86. The van der Waals surface area contributed by atoms with E-state index in [2.05, 4.69) is 20.7 Å². The van der Waals surface area contributed by atoms with Crippen LogP contribution in [0.2, 0.25) is 0 Å². The zero-order valence-electron chi connectivity index (χ0n) is 17.3. The van der Waals surface area contributed by atoms with E-state index in [-0.39, 0.29) is 18.4 Å². The molecule has 2 amide bonds. The number of carbonyl (C=O) groups excluding carboxylic acids is 3. The van der Waals surface area contributed by atoms with Crippen LogP contribution in [-0.4, -0.2) is 31.4 Å². The van der Waals surface area contributed by atoms with Crippen molar-refractivity contribution >= 4 is 34.8 Å². The molecule has 0 aliphatic carbocycles. The fourth-order valence-electron chi connectivity index (χ4n) is 2.86. The summed E-state index contributed by atoms with van der Waals surface area (Å²) in [6, 6.07) is 20.9. The zero-order valence-corrected chi connectivity index (χ0v) is 17.3. The number of methoxy groups -OCH3 is 1. The first-order valence-electron chi connectivity index (χ1n) is 9.65. The van der Waals surface area contributed by atoms with E-state index < -0.39 is 5.97 Å². The smallest absolute Gasteiger partial charge is 0.337 e. The van der Waals surface area contributed by atoms with Gasteiger partial charge in [-0.3, -0.25) is 9.59 Å². The van der Waals surface area contributed by atoms with Gasteiger partial charge >= 0.3 is 5.97 Å². The highest BCUT2D eigenvalue weighted by Gasteiger charge is 2.08. The molecule has 0 aromatic heterocycles. The van der Waals surface area contributed by atoms with Gasteiger partial charge in [-0.1, -0.05) is 17.7 Å². The molecular formula is C24H23N3O4. The van der Waals surface area contributed by atoms with E-state index in [4.69, 9.17) is 0 Å². The molecule has 0 unspecified atom stereocenters. The van der Waals surface area contributed by atoms with Crippen molar-refractivity contribution in [2.45, 2.75) is 6.92 Å². The maximum absolute atomic E-state index is 12.3. The Hall–Kier alpha value is -4.13. The summed E-state index contributed by atoms with van der Waals surface area (Å²) in [5.74, 6) is -0.845. The molecule has 3 rings (SSSR count). The predicted molar refractivity (Wildman–Crippen MR) is 120 cm³/mol. The summed E-state index contributed by atoms with van der Waals surface area (Å²) >= 11 is 0. The van der Waals surface area contributed by atoms with E-state index in [1.165, 1.54) is 7.11 Å². The maximum atomic E-state index is 12.3. The van der Waals surface area contributed by atoms with Crippen LogP contribution in [0.5, 0.6) is 0 Å². The average molecular weight is 417 g/mol. The van der Waals surface area contributed by atoms with E-state index >= 15 is 0 Å². The van der Waals surface area contributed by atoms with Gasteiger partial charge in [-0.05, 0) is 67.6 Å². The Morgan fingerprint density at radius 3 is 2.03 bits per heavy atom. The summed E-state index contributed by atoms with van der Waals surface area (Å²) in [7, 11) is 1.31. The van der Waals surface area contributed by atoms with Crippen LogP contribution in [0.4, 0.5) is 17.1 Å². The zero-order chi connectivity index (χ0) is 22.2. The molecule has 0 fully saturated rings. The van der Waals surface area contributed by atoms with E-state index in [9.17, 15) is 14.4 Å². The van der Waals surface area contributed by atoms with E-state index in [0.717, 1.165) is 11.3 Å². The second kappa shape index (κ2) is 10.1. The molecule has 0 aliphatic rings. The lowest BCUT2D eigenvalue weighted by Gasteiger charge is -2.10. The highest BCUT2D eigenvalue weighted by atomic mass is 16.5. The minimum absolute atomic E-state index is 0.0632. The van der Waals surface area contributed by atoms with Crippen molar-refractivity contribution in [3.05, 3.63) is 89.5 Å². The molecule has 3 N–H and O–H groups in total. The number of rotatable bonds is 7. The number of benzene rings is 3. The molecule has 3 aromatic carbocycles. The standard InChI is InChI=1S/C24H23N3O4/c1-16-4-3-5-18(14-16)23(29)27-21-12-10-19(11-13-21)25-15-22(28)26-20-8-6-17(7-9-20)24(30)31-2/h3-14,25H,15H2,1-2H3,(H,26,28)(H,27,29). The van der Waals surface area contributed by atoms with Gasteiger partial charge < -0.3 is 20.7 Å². The minimum atomic E-state index is -0.432. The van der Waals surface area contributed by atoms with Crippen LogP contribution in [0.25, 0.3) is 0 Å². The predicted octanol–water partition coefficient (Wildman–Crippen LogP) is 4.08. The highest BCUT2D eigenvalue weighted by molar-refractivity contribution is 6.04. The summed E-state index contributed by atoms with van der Waals surface area (Å²) in [6.45, 7) is 2.00. The summed E-state index contributed by atoms with van der Waals surface area (Å²) < 4.78 is 4.64. The number of hydrogen-bond donors (Lipinski definition) is 3. The summed E-state index contributed by atoms with van der Waals surface area (Å²) in [6.07, 6.45) is 0. The van der Waals surface area contributed by atoms with E-state index in [1.807, 2.05) is 25.1 Å². The fraction of sp³-hybridized carbons (Fsp3) is 0.125. The molecule has 0 saturated heterocycles. The Bertz CT molecular complexity index is 1080. The lowest BCUT2D eigenvalue weighted by molar-refractivity contribution is -0.114. The van der Waals surface area contributed by atoms with Gasteiger partial charge in [-0.2, -0.15) is 0 Å². The Morgan fingerprint density at radius 2 is 1.39 bits per heavy atom. The van der Waals surface area contributed by atoms with Crippen LogP contribution >= 0.6 is 0 Å². The molecule has 0 radical (unpaired) electrons. The van der Waals surface area contributed by atoms with Gasteiger partial charge in [0.05, 0.1) is 19.2 Å². The number of ether oxygens (including phenoxy) is 1. The Labute approximate surface area is 180 Å². The van der Waals surface area contributed by atoms with Crippen molar-refractivity contribution in [3.8, 4) is 0 Å². The Kier molecular flexibility index (Phi) is 7.01. The summed E-state index contributed by atoms with van der Waals surface area (Å²) in [5.41, 5.74) is 4.00. The Balaban J connectivity index is 1.49. The third-order valence-electron chi connectivity index (χ3n) is 4.47. The molecule has 3 aromatic rings. The quantitative estimate of drug-likeness (QED) is 0.503. The molecule has 31 heavy (non-hydrogen) atoms. The maximum Gasteiger partial charge on any atom is 0.337 e. The molecule has 0 heterocycles. The molecule has 7 nitrogen and oxygen atoms in total. The molecule has 0 bridgehead atoms. The minimum Gasteiger partial charge on any atom is -0.465 e. The van der Waals surface area contributed by atoms with Crippen molar-refractivity contribution in [3.63, 3.8) is 0 Å². The van der Waals surface area contributed by atoms with Gasteiger partial charge in [0.25, 0.3) is 5.91 Å². The molecule has 0 saturated carbocycles. The monoisotopic (exact) mass is 417 g/mol. The third-order valence-corrected chi connectivity index (χ3v) is 4.47. The first-order chi connectivity index (χ1) is 14.9. The Morgan fingerprint density at radius 1 is 0.774 bits per heavy atom. The summed E-state index contributed by atoms with van der Waals surface area (Å²) in [5, 5.41) is 8.62. The normalized spacial score (nSPS) is 10.1. The second-order valence-corrected chi connectivity index (χ2v) is 6.87. The second-order valence-electron chi connectivity index (χ2n) is 6.87. The SMILES string of the molecule is COC(=O)c1ccc(NC(=O)CNc2ccc(NC(=O)c3cccc(C)c3)cc2)cc1. The molecule has 0 atom stereocenters. The third kappa shape index (κ3) is 6.17. The van der Waals surface area contributed by atoms with Gasteiger partial charge in [0.1, 0.15) is 0 Å². The number of anilines is 3. The van der Waals surface area contributed by atoms with Crippen molar-refractivity contribution in [1.29, 1.82) is 0 Å². The summed E-state index contributed by atoms with van der Waals surface area (Å²) in [4.78, 5) is 35.9. The topological polar surface area (TPSA) is 96.5 Å². The number of amides is 2. The van der Waals surface area contributed by atoms with Gasteiger partial charge in [0.2, 0.25) is 5.91 Å². The first-order valence-corrected chi connectivity index (χ1v) is 9.65. The molecule has 7 heteroatoms.